The molecule has 1 N–H and O–H groups in total. The molecule has 3 aromatic rings. The molecule has 0 aliphatic carbocycles. The highest BCUT2D eigenvalue weighted by Crippen LogP contribution is 2.22. The van der Waals surface area contributed by atoms with Crippen LogP contribution < -0.4 is 5.32 Å². The summed E-state index contributed by atoms with van der Waals surface area (Å²) in [6, 6.07) is 21.0. The van der Waals surface area contributed by atoms with E-state index in [0.29, 0.717) is 18.8 Å². The quantitative estimate of drug-likeness (QED) is 0.354. The van der Waals surface area contributed by atoms with Crippen LogP contribution in [0.1, 0.15) is 15.3 Å². The summed E-state index contributed by atoms with van der Waals surface area (Å²) in [7, 11) is 0. The van der Waals surface area contributed by atoms with Gasteiger partial charge < -0.3 is 15.1 Å². The molecular formula is C25H26BrN3O2S. The van der Waals surface area contributed by atoms with E-state index in [1.54, 1.807) is 28.4 Å². The first-order valence-electron chi connectivity index (χ1n) is 10.2. The van der Waals surface area contributed by atoms with Crippen molar-refractivity contribution in [3.63, 3.8) is 0 Å². The fourth-order valence-electron chi connectivity index (χ4n) is 3.19. The van der Waals surface area contributed by atoms with E-state index in [1.807, 2.05) is 54.6 Å². The number of benzene rings is 2. The molecule has 166 valence electrons. The average Bonchev–Trinajstić information content (AvgIpc) is 3.19. The maximum absolute atomic E-state index is 13.3. The minimum Gasteiger partial charge on any atom is -0.332 e. The van der Waals surface area contributed by atoms with Crippen LogP contribution in [0.3, 0.4) is 0 Å². The Labute approximate surface area is 201 Å². The van der Waals surface area contributed by atoms with Crippen molar-refractivity contribution in [3.8, 4) is 0 Å². The molecule has 0 atom stereocenters. The van der Waals surface area contributed by atoms with Gasteiger partial charge in [0, 0.05) is 27.3 Å². The lowest BCUT2D eigenvalue weighted by Gasteiger charge is -2.27. The largest absolute Gasteiger partial charge is 0.332 e. The molecule has 32 heavy (non-hydrogen) atoms. The zero-order valence-electron chi connectivity index (χ0n) is 18.0. The van der Waals surface area contributed by atoms with Gasteiger partial charge in [-0.15, -0.1) is 17.9 Å². The lowest BCUT2D eigenvalue weighted by atomic mass is 10.2. The van der Waals surface area contributed by atoms with Crippen LogP contribution in [0.15, 0.2) is 83.9 Å². The van der Waals surface area contributed by atoms with Gasteiger partial charge in [0.25, 0.3) is 0 Å². The molecule has 0 aliphatic rings. The predicted octanol–water partition coefficient (Wildman–Crippen LogP) is 6.07. The summed E-state index contributed by atoms with van der Waals surface area (Å²) in [6.07, 6.45) is 1.62. The predicted molar refractivity (Wildman–Crippen MR) is 135 cm³/mol. The van der Waals surface area contributed by atoms with E-state index in [0.717, 1.165) is 14.9 Å². The summed E-state index contributed by atoms with van der Waals surface area (Å²) in [4.78, 5) is 31.8. The van der Waals surface area contributed by atoms with Gasteiger partial charge in [-0.2, -0.15) is 0 Å². The normalized spacial score (nSPS) is 10.4. The molecule has 3 amide bonds. The number of urea groups is 1. The topological polar surface area (TPSA) is 52.7 Å². The maximum atomic E-state index is 13.3. The monoisotopic (exact) mass is 511 g/mol. The van der Waals surface area contributed by atoms with Crippen LogP contribution in [0.25, 0.3) is 0 Å². The van der Waals surface area contributed by atoms with Gasteiger partial charge >= 0.3 is 6.03 Å². The summed E-state index contributed by atoms with van der Waals surface area (Å²) in [6.45, 7) is 6.99. The van der Waals surface area contributed by atoms with Gasteiger partial charge in [-0.05, 0) is 52.7 Å². The van der Waals surface area contributed by atoms with Crippen LogP contribution in [-0.2, 0) is 17.9 Å². The van der Waals surface area contributed by atoms with Crippen LogP contribution in [0.5, 0.6) is 0 Å². The number of hydrogen-bond acceptors (Lipinski definition) is 3. The Kier molecular flexibility index (Phi) is 8.64. The Bertz CT molecular complexity index is 1070. The number of rotatable bonds is 9. The van der Waals surface area contributed by atoms with Crippen molar-refractivity contribution in [3.05, 3.63) is 99.2 Å². The molecular weight excluding hydrogens is 486 g/mol. The van der Waals surface area contributed by atoms with E-state index < -0.39 is 0 Å². The molecule has 3 rings (SSSR count). The van der Waals surface area contributed by atoms with Crippen molar-refractivity contribution in [1.29, 1.82) is 0 Å². The van der Waals surface area contributed by atoms with Gasteiger partial charge in [0.05, 0.1) is 12.2 Å². The number of carbonyl (C=O) groups excluding carboxylic acids is 2. The van der Waals surface area contributed by atoms with Crippen LogP contribution in [0.2, 0.25) is 0 Å². The number of nitrogens with one attached hydrogen (secondary N) is 1. The standard InChI is InChI=1S/C25H26BrN3O2S/c1-3-15-28(25(31)27-23-12-8-7-11-22(23)26)18-24(30)29(16-20-9-5-4-6-10-20)17-21-14-13-19(2)32-21/h3-14H,1,15-18H2,2H3,(H,27,31). The number of thiophene rings is 1. The van der Waals surface area contributed by atoms with Crippen molar-refractivity contribution in [1.82, 2.24) is 9.80 Å². The lowest BCUT2D eigenvalue weighted by molar-refractivity contribution is -0.132. The maximum Gasteiger partial charge on any atom is 0.322 e. The van der Waals surface area contributed by atoms with E-state index in [4.69, 9.17) is 0 Å². The molecule has 0 radical (unpaired) electrons. The van der Waals surface area contributed by atoms with E-state index >= 15 is 0 Å². The molecule has 0 unspecified atom stereocenters. The van der Waals surface area contributed by atoms with Crippen LogP contribution in [0, 0.1) is 6.92 Å². The highest BCUT2D eigenvalue weighted by Gasteiger charge is 2.22. The van der Waals surface area contributed by atoms with Crippen LogP contribution in [-0.4, -0.2) is 34.8 Å². The number of aryl methyl sites for hydroxylation is 1. The molecule has 0 spiro atoms. The first-order valence-corrected chi connectivity index (χ1v) is 11.9. The summed E-state index contributed by atoms with van der Waals surface area (Å²) >= 11 is 5.11. The second-order valence-corrected chi connectivity index (χ2v) is 9.55. The molecule has 0 bridgehead atoms. The van der Waals surface area contributed by atoms with E-state index in [1.165, 1.54) is 9.78 Å². The smallest absolute Gasteiger partial charge is 0.322 e. The number of para-hydroxylation sites is 1. The molecule has 1 heterocycles. The minimum absolute atomic E-state index is 0.0422. The number of anilines is 1. The Morgan fingerprint density at radius 2 is 1.72 bits per heavy atom. The molecule has 0 fully saturated rings. The number of hydrogen-bond donors (Lipinski definition) is 1. The van der Waals surface area contributed by atoms with Crippen molar-refractivity contribution in [2.75, 3.05) is 18.4 Å². The van der Waals surface area contributed by atoms with Crippen molar-refractivity contribution in [2.24, 2.45) is 0 Å². The first kappa shape index (κ1) is 23.8. The fraction of sp³-hybridized carbons (Fsp3) is 0.200. The molecule has 0 saturated heterocycles. The van der Waals surface area contributed by atoms with Gasteiger partial charge in [-0.25, -0.2) is 4.79 Å². The van der Waals surface area contributed by atoms with Gasteiger partial charge in [-0.3, -0.25) is 4.79 Å². The van der Waals surface area contributed by atoms with Crippen LogP contribution in [0.4, 0.5) is 10.5 Å². The third-order valence-electron chi connectivity index (χ3n) is 4.79. The van der Waals surface area contributed by atoms with Crippen LogP contribution >= 0.6 is 27.3 Å². The fourth-order valence-corrected chi connectivity index (χ4v) is 4.48. The minimum atomic E-state index is -0.350. The third-order valence-corrected chi connectivity index (χ3v) is 6.47. The zero-order valence-corrected chi connectivity index (χ0v) is 20.4. The SMILES string of the molecule is C=CCN(CC(=O)N(Cc1ccccc1)Cc1ccc(C)s1)C(=O)Nc1ccccc1Br. The van der Waals surface area contributed by atoms with E-state index in [2.05, 4.69) is 40.8 Å². The highest BCUT2D eigenvalue weighted by atomic mass is 79.9. The highest BCUT2D eigenvalue weighted by molar-refractivity contribution is 9.10. The Morgan fingerprint density at radius 3 is 2.38 bits per heavy atom. The number of carbonyl (C=O) groups is 2. The van der Waals surface area contributed by atoms with E-state index in [-0.39, 0.29) is 25.0 Å². The zero-order chi connectivity index (χ0) is 22.9. The number of halogens is 1. The second kappa shape index (κ2) is 11.6. The van der Waals surface area contributed by atoms with Gasteiger partial charge in [0.15, 0.2) is 0 Å². The lowest BCUT2D eigenvalue weighted by Crippen LogP contribution is -2.44. The summed E-state index contributed by atoms with van der Waals surface area (Å²) in [5.41, 5.74) is 1.69. The van der Waals surface area contributed by atoms with Gasteiger partial charge in [0.2, 0.25) is 5.91 Å². The Morgan fingerprint density at radius 1 is 1.00 bits per heavy atom. The van der Waals surface area contributed by atoms with Crippen molar-refractivity contribution < 1.29 is 9.59 Å². The second-order valence-electron chi connectivity index (χ2n) is 7.33. The molecule has 0 aliphatic heterocycles. The molecule has 2 aromatic carbocycles. The van der Waals surface area contributed by atoms with Crippen molar-refractivity contribution in [2.45, 2.75) is 20.0 Å². The molecule has 7 heteroatoms. The Hall–Kier alpha value is -2.90. The first-order chi connectivity index (χ1) is 15.5. The van der Waals surface area contributed by atoms with Gasteiger partial charge in [0.1, 0.15) is 6.54 Å². The summed E-state index contributed by atoms with van der Waals surface area (Å²) in [5.74, 6) is -0.121. The third kappa shape index (κ3) is 6.80. The molecule has 0 saturated carbocycles. The van der Waals surface area contributed by atoms with Gasteiger partial charge in [-0.1, -0.05) is 48.5 Å². The van der Waals surface area contributed by atoms with Crippen molar-refractivity contribution >= 4 is 44.9 Å². The molecule has 5 nitrogen and oxygen atoms in total. The molecule has 1 aromatic heterocycles. The average molecular weight is 512 g/mol. The Balaban J connectivity index is 1.75. The summed E-state index contributed by atoms with van der Waals surface area (Å²) in [5, 5.41) is 2.87. The number of amides is 3. The summed E-state index contributed by atoms with van der Waals surface area (Å²) < 4.78 is 0.775. The van der Waals surface area contributed by atoms with E-state index in [9.17, 15) is 9.59 Å². The number of nitrogens with zero attached hydrogens (tertiary/aromatic N) is 2.